The minimum absolute atomic E-state index is 0.0484. The van der Waals surface area contributed by atoms with Crippen LogP contribution in [0.4, 0.5) is 27.7 Å². The molecule has 2 fully saturated rings. The fraction of sp³-hybridized carbons (Fsp3) is 0.370. The van der Waals surface area contributed by atoms with Crippen molar-refractivity contribution in [2.75, 3.05) is 43.4 Å². The second-order valence-corrected chi connectivity index (χ2v) is 11.2. The Labute approximate surface area is 243 Å². The third-order valence-corrected chi connectivity index (χ3v) is 8.26. The topological polar surface area (TPSA) is 73.3 Å². The molecule has 1 N–H and O–H groups in total. The summed E-state index contributed by atoms with van der Waals surface area (Å²) >= 11 is 7.39. The Hall–Kier alpha value is -3.42. The van der Waals surface area contributed by atoms with E-state index in [1.54, 1.807) is 35.3 Å². The van der Waals surface area contributed by atoms with Gasteiger partial charge in [0.2, 0.25) is 0 Å². The molecule has 218 valence electrons. The molecule has 3 aliphatic heterocycles. The van der Waals surface area contributed by atoms with Crippen LogP contribution in [0.5, 0.6) is 5.75 Å². The summed E-state index contributed by atoms with van der Waals surface area (Å²) < 4.78 is 58.0. The zero-order valence-corrected chi connectivity index (χ0v) is 23.6. The summed E-state index contributed by atoms with van der Waals surface area (Å²) in [7, 11) is 1.74. The molecular weight excluding hydrogens is 584 g/mol. The van der Waals surface area contributed by atoms with E-state index in [1.807, 2.05) is 4.90 Å². The molecule has 3 aliphatic rings. The van der Waals surface area contributed by atoms with Gasteiger partial charge in [0.25, 0.3) is 11.8 Å². The number of amides is 1. The number of hydrogen-bond acceptors (Lipinski definition) is 8. The number of aromatic nitrogens is 1. The Bertz CT molecular complexity index is 1410. The van der Waals surface area contributed by atoms with Gasteiger partial charge in [0.1, 0.15) is 22.3 Å². The molecule has 4 heterocycles. The van der Waals surface area contributed by atoms with Gasteiger partial charge in [-0.05, 0) is 37.1 Å². The number of nitrogens with one attached hydrogen (secondary N) is 1. The number of halogens is 5. The highest BCUT2D eigenvalue weighted by Crippen LogP contribution is 2.44. The lowest BCUT2D eigenvalue weighted by Gasteiger charge is -2.46. The summed E-state index contributed by atoms with van der Waals surface area (Å²) in [4.78, 5) is 27.9. The third-order valence-electron chi connectivity index (χ3n) is 6.99. The number of alkyl halides is 4. The molecule has 41 heavy (non-hydrogen) atoms. The molecule has 0 spiro atoms. The zero-order chi connectivity index (χ0) is 29.3. The van der Waals surface area contributed by atoms with Crippen LogP contribution in [0.2, 0.25) is 5.02 Å². The molecule has 8 nitrogen and oxygen atoms in total. The normalized spacial score (nSPS) is 20.3. The maximum atomic E-state index is 13.5. The van der Waals surface area contributed by atoms with Crippen molar-refractivity contribution in [3.05, 3.63) is 59.5 Å². The van der Waals surface area contributed by atoms with Crippen LogP contribution in [0.15, 0.2) is 59.5 Å². The predicted molar refractivity (Wildman–Crippen MR) is 152 cm³/mol. The molecule has 0 saturated carbocycles. The highest BCUT2D eigenvalue weighted by molar-refractivity contribution is 7.20. The number of ether oxygens (including phenoxy) is 1. The number of thiazole rings is 1. The smallest absolute Gasteiger partial charge is 0.387 e. The highest BCUT2D eigenvalue weighted by Gasteiger charge is 2.47. The molecule has 1 aromatic heterocycles. The van der Waals surface area contributed by atoms with Crippen LogP contribution in [-0.4, -0.2) is 78.7 Å². The standard InChI is InChI=1S/C27H27ClF4N6O2S/c1-3-18(22-33-9-4-10-36(22)2)23(39)35-24-21(19-13-16(28)5-6-20(19)40-25(29)30)34-26(41-24)37-11-7-17(8-12-37)38-14-27(31,32)15-38/h3-6,9-10,13,17,25H,1,7-8,11-12,14-15H2,2H3,(H,35,39)/b22-18+. The number of carbonyl (C=O) groups is 1. The van der Waals surface area contributed by atoms with Crippen molar-refractivity contribution in [1.29, 1.82) is 0 Å². The SMILES string of the molecule is C=C/C(C(=O)Nc1sc(N2CCC(N3CC(F)(F)C3)CC2)nc1-c1cc(Cl)ccc1OC(F)F)=C1/N=CC=CN1C. The second-order valence-electron chi connectivity index (χ2n) is 9.80. The van der Waals surface area contributed by atoms with Crippen LogP contribution in [0.3, 0.4) is 0 Å². The first-order valence-electron chi connectivity index (χ1n) is 12.8. The zero-order valence-electron chi connectivity index (χ0n) is 22.0. The Kier molecular flexibility index (Phi) is 8.39. The molecule has 14 heteroatoms. The number of hydrogen-bond donors (Lipinski definition) is 1. The van der Waals surface area contributed by atoms with Crippen molar-refractivity contribution < 1.29 is 27.1 Å². The summed E-state index contributed by atoms with van der Waals surface area (Å²) in [5, 5.41) is 3.94. The Balaban J connectivity index is 1.46. The molecule has 5 rings (SSSR count). The predicted octanol–water partition coefficient (Wildman–Crippen LogP) is 5.85. The number of piperidine rings is 1. The lowest BCUT2D eigenvalue weighted by atomic mass is 9.98. The van der Waals surface area contributed by atoms with E-state index in [2.05, 4.69) is 16.9 Å². The van der Waals surface area contributed by atoms with Gasteiger partial charge in [-0.3, -0.25) is 9.69 Å². The van der Waals surface area contributed by atoms with Gasteiger partial charge >= 0.3 is 6.61 Å². The van der Waals surface area contributed by atoms with Crippen LogP contribution in [0.25, 0.3) is 11.3 Å². The van der Waals surface area contributed by atoms with Crippen molar-refractivity contribution >= 4 is 45.2 Å². The van der Waals surface area contributed by atoms with E-state index in [0.717, 1.165) is 0 Å². The van der Waals surface area contributed by atoms with E-state index in [1.165, 1.54) is 35.6 Å². The minimum Gasteiger partial charge on any atom is -0.434 e. The molecule has 2 saturated heterocycles. The molecule has 0 radical (unpaired) electrons. The van der Waals surface area contributed by atoms with Gasteiger partial charge in [-0.25, -0.2) is 18.8 Å². The Morgan fingerprint density at radius 2 is 2.02 bits per heavy atom. The third kappa shape index (κ3) is 6.41. The number of nitrogens with zero attached hydrogens (tertiary/aromatic N) is 5. The van der Waals surface area contributed by atoms with Gasteiger partial charge in [-0.2, -0.15) is 8.78 Å². The Morgan fingerprint density at radius 1 is 1.29 bits per heavy atom. The molecule has 2 aromatic rings. The van der Waals surface area contributed by atoms with Crippen LogP contribution in [0, 0.1) is 0 Å². The number of allylic oxidation sites excluding steroid dienone is 1. The van der Waals surface area contributed by atoms with Crippen molar-refractivity contribution in [2.24, 2.45) is 4.99 Å². The maximum absolute atomic E-state index is 13.5. The maximum Gasteiger partial charge on any atom is 0.387 e. The highest BCUT2D eigenvalue weighted by atomic mass is 35.5. The van der Waals surface area contributed by atoms with E-state index in [0.29, 0.717) is 36.9 Å². The van der Waals surface area contributed by atoms with Gasteiger partial charge in [0.05, 0.1) is 18.7 Å². The van der Waals surface area contributed by atoms with Crippen molar-refractivity contribution in [2.45, 2.75) is 31.4 Å². The van der Waals surface area contributed by atoms with E-state index in [4.69, 9.17) is 21.3 Å². The number of carbonyl (C=O) groups excluding carboxylic acids is 1. The first-order valence-corrected chi connectivity index (χ1v) is 14.0. The minimum atomic E-state index is -3.09. The van der Waals surface area contributed by atoms with Gasteiger partial charge in [-0.15, -0.1) is 0 Å². The van der Waals surface area contributed by atoms with Crippen LogP contribution in [0.1, 0.15) is 12.8 Å². The molecule has 0 atom stereocenters. The first-order chi connectivity index (χ1) is 19.5. The van der Waals surface area contributed by atoms with Crippen molar-refractivity contribution in [3.8, 4) is 17.0 Å². The summed E-state index contributed by atoms with van der Waals surface area (Å²) in [6.45, 7) is 1.31. The lowest BCUT2D eigenvalue weighted by Crippen LogP contribution is -2.61. The molecule has 1 amide bonds. The largest absolute Gasteiger partial charge is 0.434 e. The second kappa shape index (κ2) is 11.8. The van der Waals surface area contributed by atoms with Crippen LogP contribution < -0.4 is 15.0 Å². The van der Waals surface area contributed by atoms with Gasteiger partial charge < -0.3 is 19.9 Å². The van der Waals surface area contributed by atoms with E-state index >= 15 is 0 Å². The Morgan fingerprint density at radius 3 is 2.66 bits per heavy atom. The summed E-state index contributed by atoms with van der Waals surface area (Å²) in [5.41, 5.74) is 0.572. The molecule has 0 aliphatic carbocycles. The molecule has 0 unspecified atom stereocenters. The van der Waals surface area contributed by atoms with Gasteiger partial charge in [0.15, 0.2) is 5.13 Å². The fourth-order valence-corrected chi connectivity index (χ4v) is 6.18. The molecule has 1 aromatic carbocycles. The van der Waals surface area contributed by atoms with Crippen molar-refractivity contribution in [1.82, 2.24) is 14.8 Å². The van der Waals surface area contributed by atoms with E-state index in [9.17, 15) is 22.4 Å². The fourth-order valence-electron chi connectivity index (χ4n) is 4.98. The molecular formula is C27H27ClF4N6O2S. The quantitative estimate of drug-likeness (QED) is 0.299. The van der Waals surface area contributed by atoms with Gasteiger partial charge in [0, 0.05) is 49.2 Å². The monoisotopic (exact) mass is 610 g/mol. The van der Waals surface area contributed by atoms with Crippen LogP contribution >= 0.6 is 22.9 Å². The van der Waals surface area contributed by atoms with Crippen molar-refractivity contribution in [3.63, 3.8) is 0 Å². The summed E-state index contributed by atoms with van der Waals surface area (Å²) in [5.74, 6) is -2.94. The lowest BCUT2D eigenvalue weighted by molar-refractivity contribution is -0.148. The number of rotatable bonds is 8. The average molecular weight is 611 g/mol. The number of aliphatic imine (C=N–C) groups is 1. The van der Waals surface area contributed by atoms with E-state index < -0.39 is 18.4 Å². The number of benzene rings is 1. The van der Waals surface area contributed by atoms with E-state index in [-0.39, 0.29) is 51.7 Å². The van der Waals surface area contributed by atoms with Gasteiger partial charge in [-0.1, -0.05) is 35.6 Å². The average Bonchev–Trinajstić information content (AvgIpc) is 3.33. The summed E-state index contributed by atoms with van der Waals surface area (Å²) in [6.07, 6.45) is 7.71. The number of anilines is 2. The number of likely N-dealkylation sites (tertiary alicyclic amines) is 1. The van der Waals surface area contributed by atoms with Crippen LogP contribution in [-0.2, 0) is 4.79 Å². The molecule has 0 bridgehead atoms. The summed E-state index contributed by atoms with van der Waals surface area (Å²) in [6, 6.07) is 4.23. The first kappa shape index (κ1) is 29.1.